The van der Waals surface area contributed by atoms with Crippen LogP contribution in [0.2, 0.25) is 0 Å². The number of benzene rings is 2. The normalized spacial score (nSPS) is 12.2. The highest BCUT2D eigenvalue weighted by Crippen LogP contribution is 2.19. The van der Waals surface area contributed by atoms with Crippen LogP contribution in [0.4, 0.5) is 4.39 Å². The van der Waals surface area contributed by atoms with Gasteiger partial charge in [0.15, 0.2) is 11.6 Å². The van der Waals surface area contributed by atoms with Crippen LogP contribution in [0.25, 0.3) is 0 Å². The van der Waals surface area contributed by atoms with Crippen molar-refractivity contribution in [3.05, 3.63) is 65.5 Å². The maximum atomic E-state index is 13.7. The zero-order valence-electron chi connectivity index (χ0n) is 11.9. The summed E-state index contributed by atoms with van der Waals surface area (Å²) >= 11 is 0. The maximum absolute atomic E-state index is 13.7. The van der Waals surface area contributed by atoms with Gasteiger partial charge in [-0.15, -0.1) is 0 Å². The second kappa shape index (κ2) is 7.06. The molecule has 106 valence electrons. The molecule has 1 atom stereocenters. The van der Waals surface area contributed by atoms with E-state index in [1.807, 2.05) is 31.3 Å². The third kappa shape index (κ3) is 3.81. The van der Waals surface area contributed by atoms with Crippen LogP contribution in [-0.4, -0.2) is 20.2 Å². The first kappa shape index (κ1) is 14.5. The van der Waals surface area contributed by atoms with E-state index < -0.39 is 0 Å². The van der Waals surface area contributed by atoms with E-state index in [9.17, 15) is 4.39 Å². The standard InChI is InChI=1S/C17H20FNO/c1-19-15(10-13-6-4-3-5-7-13)11-14-8-9-17(20-2)16(18)12-14/h3-9,12,15,19H,10-11H2,1-2H3. The molecule has 0 bridgehead atoms. The van der Waals surface area contributed by atoms with Crippen molar-refractivity contribution < 1.29 is 9.13 Å². The highest BCUT2D eigenvalue weighted by Gasteiger charge is 2.10. The minimum atomic E-state index is -0.306. The predicted octanol–water partition coefficient (Wildman–Crippen LogP) is 3.21. The number of ether oxygens (including phenoxy) is 1. The van der Waals surface area contributed by atoms with E-state index in [0.717, 1.165) is 18.4 Å². The Bertz CT molecular complexity index is 542. The lowest BCUT2D eigenvalue weighted by Gasteiger charge is -2.17. The topological polar surface area (TPSA) is 21.3 Å². The summed E-state index contributed by atoms with van der Waals surface area (Å²) in [4.78, 5) is 0. The summed E-state index contributed by atoms with van der Waals surface area (Å²) in [7, 11) is 3.41. The number of likely N-dealkylation sites (N-methyl/N-ethyl adjacent to an activating group) is 1. The van der Waals surface area contributed by atoms with E-state index in [-0.39, 0.29) is 17.6 Å². The lowest BCUT2D eigenvalue weighted by Crippen LogP contribution is -2.29. The van der Waals surface area contributed by atoms with Gasteiger partial charge in [-0.3, -0.25) is 0 Å². The summed E-state index contributed by atoms with van der Waals surface area (Å²) in [5.74, 6) is -0.0163. The van der Waals surface area contributed by atoms with Crippen LogP contribution in [0.15, 0.2) is 48.5 Å². The third-order valence-electron chi connectivity index (χ3n) is 3.43. The Hall–Kier alpha value is -1.87. The fourth-order valence-electron chi connectivity index (χ4n) is 2.30. The summed E-state index contributed by atoms with van der Waals surface area (Å²) in [6.07, 6.45) is 1.71. The second-order valence-corrected chi connectivity index (χ2v) is 4.85. The number of hydrogen-bond donors (Lipinski definition) is 1. The Balaban J connectivity index is 2.04. The molecule has 0 aliphatic rings. The van der Waals surface area contributed by atoms with Crippen LogP contribution in [0, 0.1) is 5.82 Å². The molecule has 20 heavy (non-hydrogen) atoms. The van der Waals surface area contributed by atoms with Crippen LogP contribution in [0.5, 0.6) is 5.75 Å². The second-order valence-electron chi connectivity index (χ2n) is 4.85. The van der Waals surface area contributed by atoms with Crippen molar-refractivity contribution in [3.63, 3.8) is 0 Å². The smallest absolute Gasteiger partial charge is 0.165 e. The molecule has 0 spiro atoms. The summed E-state index contributed by atoms with van der Waals surface area (Å²) < 4.78 is 18.6. The van der Waals surface area contributed by atoms with Crippen molar-refractivity contribution >= 4 is 0 Å². The van der Waals surface area contributed by atoms with Gasteiger partial charge in [-0.05, 0) is 43.1 Å². The van der Waals surface area contributed by atoms with Gasteiger partial charge in [-0.1, -0.05) is 36.4 Å². The Morgan fingerprint density at radius 2 is 1.75 bits per heavy atom. The molecule has 2 aromatic carbocycles. The molecule has 0 fully saturated rings. The minimum absolute atomic E-state index is 0.283. The quantitative estimate of drug-likeness (QED) is 0.872. The van der Waals surface area contributed by atoms with Crippen molar-refractivity contribution in [2.75, 3.05) is 14.2 Å². The first-order valence-electron chi connectivity index (χ1n) is 6.76. The number of rotatable bonds is 6. The van der Waals surface area contributed by atoms with Gasteiger partial charge >= 0.3 is 0 Å². The average Bonchev–Trinajstić information content (AvgIpc) is 2.48. The molecule has 2 rings (SSSR count). The van der Waals surface area contributed by atoms with Crippen LogP contribution in [-0.2, 0) is 12.8 Å². The lowest BCUT2D eigenvalue weighted by molar-refractivity contribution is 0.386. The average molecular weight is 273 g/mol. The van der Waals surface area contributed by atoms with Crippen molar-refractivity contribution in [2.45, 2.75) is 18.9 Å². The lowest BCUT2D eigenvalue weighted by atomic mass is 9.99. The number of nitrogens with one attached hydrogen (secondary N) is 1. The zero-order valence-corrected chi connectivity index (χ0v) is 11.9. The molecule has 1 unspecified atom stereocenters. The molecule has 0 saturated carbocycles. The SMILES string of the molecule is CNC(Cc1ccccc1)Cc1ccc(OC)c(F)c1. The summed E-state index contributed by atoms with van der Waals surface area (Å²) in [5, 5.41) is 3.29. The number of hydrogen-bond acceptors (Lipinski definition) is 2. The van der Waals surface area contributed by atoms with Gasteiger partial charge in [0.1, 0.15) is 0 Å². The van der Waals surface area contributed by atoms with Crippen LogP contribution in [0.1, 0.15) is 11.1 Å². The fraction of sp³-hybridized carbons (Fsp3) is 0.294. The van der Waals surface area contributed by atoms with Crippen molar-refractivity contribution in [1.29, 1.82) is 0 Å². The largest absolute Gasteiger partial charge is 0.494 e. The van der Waals surface area contributed by atoms with Gasteiger partial charge in [-0.2, -0.15) is 0 Å². The molecule has 2 nitrogen and oxygen atoms in total. The highest BCUT2D eigenvalue weighted by molar-refractivity contribution is 5.30. The molecule has 0 heterocycles. The molecule has 0 aromatic heterocycles. The van der Waals surface area contributed by atoms with E-state index in [0.29, 0.717) is 0 Å². The Kier molecular flexibility index (Phi) is 5.13. The van der Waals surface area contributed by atoms with Crippen molar-refractivity contribution in [2.24, 2.45) is 0 Å². The third-order valence-corrected chi connectivity index (χ3v) is 3.43. The predicted molar refractivity (Wildman–Crippen MR) is 79.6 cm³/mol. The summed E-state index contributed by atoms with van der Waals surface area (Å²) in [5.41, 5.74) is 2.25. The zero-order chi connectivity index (χ0) is 14.4. The maximum Gasteiger partial charge on any atom is 0.165 e. The minimum Gasteiger partial charge on any atom is -0.494 e. The van der Waals surface area contributed by atoms with E-state index in [4.69, 9.17) is 4.74 Å². The first-order chi connectivity index (χ1) is 9.72. The number of halogens is 1. The molecule has 3 heteroatoms. The van der Waals surface area contributed by atoms with E-state index >= 15 is 0 Å². The molecule has 1 N–H and O–H groups in total. The van der Waals surface area contributed by atoms with Crippen LogP contribution in [0.3, 0.4) is 0 Å². The molecular formula is C17H20FNO. The monoisotopic (exact) mass is 273 g/mol. The molecule has 0 radical (unpaired) electrons. The fourth-order valence-corrected chi connectivity index (χ4v) is 2.30. The molecule has 0 amide bonds. The summed E-state index contributed by atoms with van der Waals surface area (Å²) in [6, 6.07) is 15.7. The van der Waals surface area contributed by atoms with Crippen molar-refractivity contribution in [1.82, 2.24) is 5.32 Å². The number of methoxy groups -OCH3 is 1. The molecule has 2 aromatic rings. The van der Waals surface area contributed by atoms with Gasteiger partial charge in [-0.25, -0.2) is 4.39 Å². The Morgan fingerprint density at radius 3 is 2.35 bits per heavy atom. The summed E-state index contributed by atoms with van der Waals surface area (Å²) in [6.45, 7) is 0. The van der Waals surface area contributed by atoms with Gasteiger partial charge in [0.2, 0.25) is 0 Å². The van der Waals surface area contributed by atoms with Gasteiger partial charge < -0.3 is 10.1 Å². The molecule has 0 aliphatic heterocycles. The van der Waals surface area contributed by atoms with Gasteiger partial charge in [0, 0.05) is 6.04 Å². The Labute approximate surface area is 119 Å². The van der Waals surface area contributed by atoms with E-state index in [2.05, 4.69) is 17.4 Å². The molecule has 0 aliphatic carbocycles. The van der Waals surface area contributed by atoms with Crippen LogP contribution >= 0.6 is 0 Å². The van der Waals surface area contributed by atoms with Crippen LogP contribution < -0.4 is 10.1 Å². The van der Waals surface area contributed by atoms with Gasteiger partial charge in [0.25, 0.3) is 0 Å². The highest BCUT2D eigenvalue weighted by atomic mass is 19.1. The first-order valence-corrected chi connectivity index (χ1v) is 6.76. The molecular weight excluding hydrogens is 253 g/mol. The van der Waals surface area contributed by atoms with E-state index in [1.54, 1.807) is 12.1 Å². The van der Waals surface area contributed by atoms with Crippen molar-refractivity contribution in [3.8, 4) is 5.75 Å². The van der Waals surface area contributed by atoms with Gasteiger partial charge in [0.05, 0.1) is 7.11 Å². The van der Waals surface area contributed by atoms with E-state index in [1.165, 1.54) is 12.7 Å². The Morgan fingerprint density at radius 1 is 1.05 bits per heavy atom. The molecule has 0 saturated heterocycles.